The summed E-state index contributed by atoms with van der Waals surface area (Å²) >= 11 is 0. The summed E-state index contributed by atoms with van der Waals surface area (Å²) in [5.74, 6) is -0.0976. The van der Waals surface area contributed by atoms with E-state index in [0.717, 1.165) is 41.7 Å². The summed E-state index contributed by atoms with van der Waals surface area (Å²) in [6.07, 6.45) is 2.79. The highest BCUT2D eigenvalue weighted by Crippen LogP contribution is 2.24. The predicted octanol–water partition coefficient (Wildman–Crippen LogP) is 3.30. The summed E-state index contributed by atoms with van der Waals surface area (Å²) in [4.78, 5) is 25.7. The summed E-state index contributed by atoms with van der Waals surface area (Å²) < 4.78 is 6.02. The highest BCUT2D eigenvalue weighted by atomic mass is 16.5. The Hall–Kier alpha value is -2.86. The summed E-state index contributed by atoms with van der Waals surface area (Å²) in [6, 6.07) is 13.8. The van der Waals surface area contributed by atoms with Crippen molar-refractivity contribution in [2.24, 2.45) is 0 Å². The first-order valence-corrected chi connectivity index (χ1v) is 10.5. The quantitative estimate of drug-likeness (QED) is 0.809. The highest BCUT2D eigenvalue weighted by Gasteiger charge is 2.16. The van der Waals surface area contributed by atoms with Crippen molar-refractivity contribution in [1.82, 2.24) is 10.2 Å². The molecule has 0 bridgehead atoms. The first-order valence-electron chi connectivity index (χ1n) is 10.5. The molecule has 6 nitrogen and oxygen atoms in total. The number of hydrogen-bond acceptors (Lipinski definition) is 4. The molecule has 2 aromatic rings. The topological polar surface area (TPSA) is 78.9 Å². The molecule has 1 amide bonds. The van der Waals surface area contributed by atoms with Crippen LogP contribution < -0.4 is 10.1 Å². The molecule has 0 atom stereocenters. The van der Waals surface area contributed by atoms with Gasteiger partial charge in [0, 0.05) is 25.2 Å². The van der Waals surface area contributed by atoms with Crippen molar-refractivity contribution in [2.75, 3.05) is 19.7 Å². The monoisotopic (exact) mass is 410 g/mol. The van der Waals surface area contributed by atoms with Crippen LogP contribution in [0.1, 0.15) is 41.5 Å². The molecule has 0 saturated carbocycles. The van der Waals surface area contributed by atoms with E-state index in [1.54, 1.807) is 0 Å². The fourth-order valence-electron chi connectivity index (χ4n) is 3.61. The van der Waals surface area contributed by atoms with Gasteiger partial charge in [0.15, 0.2) is 0 Å². The van der Waals surface area contributed by atoms with E-state index in [1.165, 1.54) is 5.56 Å². The Morgan fingerprint density at radius 1 is 1.07 bits per heavy atom. The number of carbonyl (C=O) groups excluding carboxylic acids is 1. The third-order valence-corrected chi connectivity index (χ3v) is 5.17. The average Bonchev–Trinajstić information content (AvgIpc) is 2.70. The van der Waals surface area contributed by atoms with E-state index in [4.69, 9.17) is 9.84 Å². The second-order valence-electron chi connectivity index (χ2n) is 7.90. The number of amides is 1. The van der Waals surface area contributed by atoms with Crippen molar-refractivity contribution < 1.29 is 19.4 Å². The van der Waals surface area contributed by atoms with Gasteiger partial charge in [0.2, 0.25) is 5.91 Å². The smallest absolute Gasteiger partial charge is 0.307 e. The summed E-state index contributed by atoms with van der Waals surface area (Å²) in [5.41, 5.74) is 3.96. The van der Waals surface area contributed by atoms with Crippen LogP contribution in [0.2, 0.25) is 0 Å². The van der Waals surface area contributed by atoms with Crippen LogP contribution in [0.25, 0.3) is 0 Å². The highest BCUT2D eigenvalue weighted by molar-refractivity contribution is 5.78. The van der Waals surface area contributed by atoms with E-state index in [9.17, 15) is 9.59 Å². The van der Waals surface area contributed by atoms with Crippen LogP contribution in [0.4, 0.5) is 0 Å². The first kappa shape index (κ1) is 21.8. The van der Waals surface area contributed by atoms with Gasteiger partial charge in [-0.15, -0.1) is 0 Å². The van der Waals surface area contributed by atoms with Crippen molar-refractivity contribution in [3.05, 3.63) is 64.7 Å². The zero-order chi connectivity index (χ0) is 21.3. The Labute approximate surface area is 177 Å². The van der Waals surface area contributed by atoms with Gasteiger partial charge in [0.05, 0.1) is 19.6 Å². The summed E-state index contributed by atoms with van der Waals surface area (Å²) in [6.45, 7) is 4.73. The number of nitrogens with one attached hydrogen (secondary N) is 1. The average molecular weight is 411 g/mol. The lowest BCUT2D eigenvalue weighted by molar-refractivity contribution is -0.136. The van der Waals surface area contributed by atoms with Gasteiger partial charge in [-0.2, -0.15) is 0 Å². The number of carbonyl (C=O) groups is 2. The molecule has 0 spiro atoms. The van der Waals surface area contributed by atoms with Gasteiger partial charge in [-0.05, 0) is 43.4 Å². The Bertz CT molecular complexity index is 864. The number of carboxylic acids is 1. The lowest BCUT2D eigenvalue weighted by Gasteiger charge is -2.24. The molecule has 2 N–H and O–H groups in total. The molecule has 2 aromatic carbocycles. The van der Waals surface area contributed by atoms with E-state index >= 15 is 0 Å². The number of ether oxygens (including phenoxy) is 1. The summed E-state index contributed by atoms with van der Waals surface area (Å²) in [5, 5.41) is 12.2. The molecule has 0 radical (unpaired) electrons. The number of benzene rings is 2. The summed E-state index contributed by atoms with van der Waals surface area (Å²) in [7, 11) is 0. The molecule has 0 fully saturated rings. The molecule has 160 valence electrons. The second kappa shape index (κ2) is 10.8. The third kappa shape index (κ3) is 6.88. The molecule has 3 rings (SSSR count). The maximum Gasteiger partial charge on any atom is 0.307 e. The zero-order valence-electron chi connectivity index (χ0n) is 17.5. The molecule has 1 heterocycles. The van der Waals surface area contributed by atoms with Crippen LogP contribution in [0.15, 0.2) is 42.5 Å². The molecule has 1 aliphatic heterocycles. The van der Waals surface area contributed by atoms with Gasteiger partial charge < -0.3 is 15.2 Å². The second-order valence-corrected chi connectivity index (χ2v) is 7.90. The van der Waals surface area contributed by atoms with Crippen LogP contribution in [-0.2, 0) is 29.1 Å². The number of carboxylic acid groups (broad SMARTS) is 1. The number of aliphatic carboxylic acids is 1. The standard InChI is InChI=1S/C24H30N2O4/c1-18-5-7-19(8-6-18)15-26-16-21-13-20(14-24(28)29)9-10-22(21)30-12-4-2-3-11-25-23(27)17-26/h5-10,13H,2-4,11-12,14-17H2,1H3,(H,25,27)(H,28,29). The van der Waals surface area contributed by atoms with E-state index in [2.05, 4.69) is 34.5 Å². The van der Waals surface area contributed by atoms with E-state index in [-0.39, 0.29) is 18.9 Å². The molecule has 6 heteroatoms. The van der Waals surface area contributed by atoms with Crippen LogP contribution in [-0.4, -0.2) is 41.6 Å². The van der Waals surface area contributed by atoms with Crippen LogP contribution in [0, 0.1) is 6.92 Å². The molecular weight excluding hydrogens is 380 g/mol. The van der Waals surface area contributed by atoms with Crippen molar-refractivity contribution in [3.8, 4) is 5.75 Å². The van der Waals surface area contributed by atoms with Crippen LogP contribution in [0.5, 0.6) is 5.75 Å². The van der Waals surface area contributed by atoms with E-state index in [0.29, 0.717) is 26.2 Å². The maximum atomic E-state index is 12.5. The number of aryl methyl sites for hydroxylation is 1. The SMILES string of the molecule is Cc1ccc(CN2CC(=O)NCCCCCOc3ccc(CC(=O)O)cc3C2)cc1. The normalized spacial score (nSPS) is 16.2. The number of fused-ring (bicyclic) bond motifs is 1. The Morgan fingerprint density at radius 2 is 1.83 bits per heavy atom. The molecule has 0 unspecified atom stereocenters. The minimum Gasteiger partial charge on any atom is -0.493 e. The number of nitrogens with zero attached hydrogens (tertiary/aromatic N) is 1. The number of rotatable bonds is 4. The van der Waals surface area contributed by atoms with Gasteiger partial charge in [-0.3, -0.25) is 14.5 Å². The minimum absolute atomic E-state index is 0.00511. The van der Waals surface area contributed by atoms with Gasteiger partial charge in [-0.1, -0.05) is 42.0 Å². The molecule has 0 aromatic heterocycles. The van der Waals surface area contributed by atoms with Crippen LogP contribution in [0.3, 0.4) is 0 Å². The lowest BCUT2D eigenvalue weighted by Crippen LogP contribution is -2.37. The molecule has 0 aliphatic carbocycles. The molecule has 30 heavy (non-hydrogen) atoms. The minimum atomic E-state index is -0.864. The molecule has 0 saturated heterocycles. The number of hydrogen-bond donors (Lipinski definition) is 2. The van der Waals surface area contributed by atoms with Crippen molar-refractivity contribution >= 4 is 11.9 Å². The Kier molecular flexibility index (Phi) is 7.85. The maximum absolute atomic E-state index is 12.5. The van der Waals surface area contributed by atoms with Crippen molar-refractivity contribution in [2.45, 2.75) is 45.7 Å². The fourth-order valence-corrected chi connectivity index (χ4v) is 3.61. The van der Waals surface area contributed by atoms with Gasteiger partial charge in [0.25, 0.3) is 0 Å². The Balaban J connectivity index is 1.87. The van der Waals surface area contributed by atoms with Crippen LogP contribution >= 0.6 is 0 Å². The van der Waals surface area contributed by atoms with E-state index in [1.807, 2.05) is 25.1 Å². The predicted molar refractivity (Wildman–Crippen MR) is 115 cm³/mol. The molecular formula is C24H30N2O4. The zero-order valence-corrected chi connectivity index (χ0v) is 17.5. The third-order valence-electron chi connectivity index (χ3n) is 5.17. The van der Waals surface area contributed by atoms with Crippen molar-refractivity contribution in [3.63, 3.8) is 0 Å². The fraction of sp³-hybridized carbons (Fsp3) is 0.417. The van der Waals surface area contributed by atoms with Gasteiger partial charge >= 0.3 is 5.97 Å². The lowest BCUT2D eigenvalue weighted by atomic mass is 10.1. The molecule has 1 aliphatic rings. The first-order chi connectivity index (χ1) is 14.5. The van der Waals surface area contributed by atoms with Gasteiger partial charge in [0.1, 0.15) is 5.75 Å². The van der Waals surface area contributed by atoms with Gasteiger partial charge in [-0.25, -0.2) is 0 Å². The van der Waals surface area contributed by atoms with Crippen molar-refractivity contribution in [1.29, 1.82) is 0 Å². The van der Waals surface area contributed by atoms with E-state index < -0.39 is 5.97 Å². The Morgan fingerprint density at radius 3 is 2.60 bits per heavy atom. The largest absolute Gasteiger partial charge is 0.493 e.